The number of aliphatic carboxylic acids is 1. The van der Waals surface area contributed by atoms with Crippen LogP contribution in [0, 0.1) is 0 Å². The van der Waals surface area contributed by atoms with E-state index in [-0.39, 0.29) is 59.1 Å². The largest absolute Gasteiger partial charge is 1.00 e. The molecule has 4 rings (SSSR count). The minimum atomic E-state index is -4.37. The summed E-state index contributed by atoms with van der Waals surface area (Å²) in [4.78, 5) is 23.9. The Balaban J connectivity index is 0.00000380. The maximum Gasteiger partial charge on any atom is 1.00 e. The average molecular weight is 541 g/mol. The number of carboxylic acid groups (broad SMARTS) is 1. The molecule has 0 radical (unpaired) electrons. The van der Waals surface area contributed by atoms with Crippen LogP contribution in [0.15, 0.2) is 60.7 Å². The van der Waals surface area contributed by atoms with E-state index < -0.39 is 23.6 Å². The Morgan fingerprint density at radius 1 is 1.05 bits per heavy atom. The van der Waals surface area contributed by atoms with Crippen LogP contribution in [0.4, 0.5) is 13.2 Å². The predicted octanol–water partition coefficient (Wildman–Crippen LogP) is 2.98. The van der Waals surface area contributed by atoms with Crippen molar-refractivity contribution in [3.05, 3.63) is 87.9 Å². The summed E-state index contributed by atoms with van der Waals surface area (Å²) < 4.78 is 49.3. The molecule has 5 nitrogen and oxygen atoms in total. The Kier molecular flexibility index (Phi) is 9.69. The van der Waals surface area contributed by atoms with Crippen LogP contribution in [-0.4, -0.2) is 18.4 Å². The summed E-state index contributed by atoms with van der Waals surface area (Å²) in [5.74, 6) is -1.01. The first-order valence-corrected chi connectivity index (χ1v) is 11.6. The summed E-state index contributed by atoms with van der Waals surface area (Å²) >= 11 is 6.30. The number of rotatable bonds is 8. The van der Waals surface area contributed by atoms with E-state index in [1.165, 1.54) is 24.3 Å². The standard InChI is InChI=1S/C27H22ClF3O5.Na/c28-22-14-21-20(26(33)34)12-13-35-24(21)15-25(22)36-19-10-6-17(7-11-19)23(32)3-1-2-16-4-8-18(9-5-16)27(29,30)31;/h4-11,14-15,20H,1-3,12-13H2,(H,33,34);/q;+1/p-1. The molecule has 10 heteroatoms. The van der Waals surface area contributed by atoms with Gasteiger partial charge in [-0.15, -0.1) is 0 Å². The molecule has 0 spiro atoms. The number of alkyl halides is 3. The fraction of sp³-hybridized carbons (Fsp3) is 0.259. The molecule has 0 aromatic heterocycles. The fourth-order valence-corrected chi connectivity index (χ4v) is 4.22. The van der Waals surface area contributed by atoms with E-state index in [1.807, 2.05) is 0 Å². The Labute approximate surface area is 238 Å². The number of hydrogen-bond acceptors (Lipinski definition) is 5. The number of benzene rings is 3. The summed E-state index contributed by atoms with van der Waals surface area (Å²) in [6.45, 7) is 0.238. The van der Waals surface area contributed by atoms with Gasteiger partial charge in [-0.1, -0.05) is 23.7 Å². The Bertz CT molecular complexity index is 1260. The van der Waals surface area contributed by atoms with Gasteiger partial charge in [-0.25, -0.2) is 0 Å². The van der Waals surface area contributed by atoms with Crippen molar-refractivity contribution < 1.29 is 66.9 Å². The molecule has 1 unspecified atom stereocenters. The van der Waals surface area contributed by atoms with E-state index in [0.717, 1.165) is 17.7 Å². The van der Waals surface area contributed by atoms with Gasteiger partial charge >= 0.3 is 35.7 Å². The molecule has 0 amide bonds. The molecule has 0 saturated carbocycles. The summed E-state index contributed by atoms with van der Waals surface area (Å²) in [5, 5.41) is 11.6. The van der Waals surface area contributed by atoms with Crippen LogP contribution in [0.25, 0.3) is 0 Å². The predicted molar refractivity (Wildman–Crippen MR) is 125 cm³/mol. The van der Waals surface area contributed by atoms with Crippen molar-refractivity contribution in [2.24, 2.45) is 0 Å². The fourth-order valence-electron chi connectivity index (χ4n) is 4.01. The minimum absolute atomic E-state index is 0. The average Bonchev–Trinajstić information content (AvgIpc) is 2.84. The van der Waals surface area contributed by atoms with Crippen molar-refractivity contribution in [2.45, 2.75) is 37.8 Å². The normalized spacial score (nSPS) is 14.6. The molecule has 0 aliphatic carbocycles. The first-order valence-electron chi connectivity index (χ1n) is 11.3. The number of halogens is 4. The topological polar surface area (TPSA) is 75.7 Å². The zero-order chi connectivity index (χ0) is 25.9. The molecule has 0 N–H and O–H groups in total. The third-order valence-electron chi connectivity index (χ3n) is 5.94. The van der Waals surface area contributed by atoms with E-state index in [9.17, 15) is 27.9 Å². The Hall–Kier alpha value is -2.52. The quantitative estimate of drug-likeness (QED) is 0.324. The minimum Gasteiger partial charge on any atom is -0.549 e. The van der Waals surface area contributed by atoms with Gasteiger partial charge in [0.1, 0.15) is 17.2 Å². The SMILES string of the molecule is O=C(CCCc1ccc(C(F)(F)F)cc1)c1ccc(Oc2cc3c(cc2Cl)C(C(=O)[O-])CCO3)cc1.[Na+]. The Morgan fingerprint density at radius 2 is 1.73 bits per heavy atom. The second-order valence-electron chi connectivity index (χ2n) is 8.43. The van der Waals surface area contributed by atoms with Gasteiger partial charge in [-0.3, -0.25) is 4.79 Å². The summed E-state index contributed by atoms with van der Waals surface area (Å²) in [6.07, 6.45) is -2.84. The summed E-state index contributed by atoms with van der Waals surface area (Å²) in [6, 6.07) is 14.4. The summed E-state index contributed by atoms with van der Waals surface area (Å²) in [5.41, 5.74) is 0.953. The van der Waals surface area contributed by atoms with Crippen LogP contribution in [0.3, 0.4) is 0 Å². The smallest absolute Gasteiger partial charge is 0.549 e. The van der Waals surface area contributed by atoms with E-state index in [0.29, 0.717) is 41.9 Å². The van der Waals surface area contributed by atoms with Crippen molar-refractivity contribution in [3.8, 4) is 17.2 Å². The molecular weight excluding hydrogens is 520 g/mol. The van der Waals surface area contributed by atoms with Gasteiger partial charge in [0.2, 0.25) is 0 Å². The number of carboxylic acids is 1. The van der Waals surface area contributed by atoms with E-state index in [4.69, 9.17) is 21.1 Å². The molecule has 3 aromatic carbocycles. The van der Waals surface area contributed by atoms with Gasteiger partial charge in [0, 0.05) is 35.5 Å². The van der Waals surface area contributed by atoms with Crippen molar-refractivity contribution in [1.29, 1.82) is 0 Å². The van der Waals surface area contributed by atoms with Crippen LogP contribution < -0.4 is 44.1 Å². The first kappa shape index (κ1) is 29.0. The molecule has 3 aromatic rings. The molecular formula is C27H21ClF3NaO5. The number of fused-ring (bicyclic) bond motifs is 1. The third kappa shape index (κ3) is 7.29. The van der Waals surface area contributed by atoms with Crippen LogP contribution >= 0.6 is 11.6 Å². The zero-order valence-corrected chi connectivity index (χ0v) is 22.7. The van der Waals surface area contributed by atoms with Gasteiger partial charge in [0.05, 0.1) is 17.2 Å². The molecule has 1 aliphatic rings. The maximum atomic E-state index is 12.7. The van der Waals surface area contributed by atoms with Crippen LogP contribution in [0.2, 0.25) is 5.02 Å². The second-order valence-corrected chi connectivity index (χ2v) is 8.83. The van der Waals surface area contributed by atoms with E-state index in [1.54, 1.807) is 24.3 Å². The molecule has 1 heterocycles. The summed E-state index contributed by atoms with van der Waals surface area (Å²) in [7, 11) is 0. The van der Waals surface area contributed by atoms with E-state index >= 15 is 0 Å². The first-order chi connectivity index (χ1) is 17.1. The maximum absolute atomic E-state index is 12.7. The zero-order valence-electron chi connectivity index (χ0n) is 19.9. The van der Waals surface area contributed by atoms with Crippen molar-refractivity contribution in [3.63, 3.8) is 0 Å². The van der Waals surface area contributed by atoms with Gasteiger partial charge in [-0.05, 0) is 67.3 Å². The number of Topliss-reactive ketones (excluding diaryl/α,β-unsaturated/α-hetero) is 1. The molecule has 188 valence electrons. The van der Waals surface area contributed by atoms with Crippen molar-refractivity contribution >= 4 is 23.4 Å². The van der Waals surface area contributed by atoms with Crippen LogP contribution in [0.5, 0.6) is 17.2 Å². The van der Waals surface area contributed by atoms with Gasteiger partial charge in [0.25, 0.3) is 0 Å². The Morgan fingerprint density at radius 3 is 2.35 bits per heavy atom. The molecule has 1 aliphatic heterocycles. The molecule has 0 fully saturated rings. The molecule has 0 bridgehead atoms. The molecule has 37 heavy (non-hydrogen) atoms. The third-order valence-corrected chi connectivity index (χ3v) is 6.24. The number of carbonyl (C=O) groups excluding carboxylic acids is 2. The molecule has 1 atom stereocenters. The van der Waals surface area contributed by atoms with Crippen molar-refractivity contribution in [2.75, 3.05) is 6.61 Å². The van der Waals surface area contributed by atoms with E-state index in [2.05, 4.69) is 0 Å². The monoisotopic (exact) mass is 540 g/mol. The second kappa shape index (κ2) is 12.3. The van der Waals surface area contributed by atoms with Gasteiger partial charge < -0.3 is 19.4 Å². The van der Waals surface area contributed by atoms with Crippen molar-refractivity contribution in [1.82, 2.24) is 0 Å². The van der Waals surface area contributed by atoms with Crippen LogP contribution in [0.1, 0.15) is 52.2 Å². The number of ketones is 1. The molecule has 0 saturated heterocycles. The number of carbonyl (C=O) groups is 2. The van der Waals surface area contributed by atoms with Gasteiger partial charge in [-0.2, -0.15) is 13.2 Å². The number of hydrogen-bond donors (Lipinski definition) is 0. The van der Waals surface area contributed by atoms with Crippen LogP contribution in [-0.2, 0) is 17.4 Å². The number of aryl methyl sites for hydroxylation is 1. The number of ether oxygens (including phenoxy) is 2. The van der Waals surface area contributed by atoms with Gasteiger partial charge in [0.15, 0.2) is 5.78 Å².